The fraction of sp³-hybridized carbons (Fsp3) is 0.300. The molecule has 11 heteroatoms. The van der Waals surface area contributed by atoms with Gasteiger partial charge in [-0.25, -0.2) is 24.3 Å². The molecule has 1 aliphatic rings. The second-order valence-electron chi connectivity index (χ2n) is 7.26. The molecular formula is C20H16F4N6O. The smallest absolute Gasteiger partial charge is 0.433 e. The van der Waals surface area contributed by atoms with Gasteiger partial charge in [-0.15, -0.1) is 0 Å². The lowest BCUT2D eigenvalue weighted by molar-refractivity contribution is -0.141. The van der Waals surface area contributed by atoms with Gasteiger partial charge in [0.25, 0.3) is 0 Å². The van der Waals surface area contributed by atoms with E-state index in [0.29, 0.717) is 23.5 Å². The van der Waals surface area contributed by atoms with Crippen LogP contribution in [0.15, 0.2) is 36.9 Å². The van der Waals surface area contributed by atoms with Crippen molar-refractivity contribution in [3.05, 3.63) is 48.4 Å². The molecule has 1 atom stereocenters. The summed E-state index contributed by atoms with van der Waals surface area (Å²) in [5.74, 6) is 0.0253. The van der Waals surface area contributed by atoms with Crippen molar-refractivity contribution < 1.29 is 22.3 Å². The summed E-state index contributed by atoms with van der Waals surface area (Å²) in [7, 11) is 0. The van der Waals surface area contributed by atoms with Crippen molar-refractivity contribution in [3.63, 3.8) is 0 Å². The third-order valence-electron chi connectivity index (χ3n) is 5.31. The van der Waals surface area contributed by atoms with Crippen LogP contribution in [0, 0.1) is 5.82 Å². The maximum Gasteiger partial charge on any atom is 0.433 e. The van der Waals surface area contributed by atoms with Crippen LogP contribution in [-0.2, 0) is 6.18 Å². The minimum Gasteiger partial charge on any atom is -0.491 e. The summed E-state index contributed by atoms with van der Waals surface area (Å²) in [5, 5.41) is 0.190. The molecule has 3 aromatic heterocycles. The molecule has 4 heterocycles. The molecular weight excluding hydrogens is 416 g/mol. The monoisotopic (exact) mass is 432 g/mol. The van der Waals surface area contributed by atoms with Crippen LogP contribution in [0.2, 0.25) is 0 Å². The fourth-order valence-corrected chi connectivity index (χ4v) is 3.88. The van der Waals surface area contributed by atoms with Gasteiger partial charge in [0.1, 0.15) is 35.7 Å². The first kappa shape index (κ1) is 19.5. The Labute approximate surface area is 173 Å². The molecule has 0 bridgehead atoms. The fourth-order valence-electron chi connectivity index (χ4n) is 3.88. The Bertz CT molecular complexity index is 1260. The number of fused-ring (bicyclic) bond motifs is 2. The zero-order valence-electron chi connectivity index (χ0n) is 16.0. The number of aromatic amines is 1. The van der Waals surface area contributed by atoms with E-state index in [-0.39, 0.29) is 29.3 Å². The predicted molar refractivity (Wildman–Crippen MR) is 104 cm³/mol. The van der Waals surface area contributed by atoms with Crippen LogP contribution in [-0.4, -0.2) is 44.1 Å². The first-order valence-electron chi connectivity index (χ1n) is 9.61. The third-order valence-corrected chi connectivity index (χ3v) is 5.31. The summed E-state index contributed by atoms with van der Waals surface area (Å²) in [4.78, 5) is 21.2. The Morgan fingerprint density at radius 1 is 1.16 bits per heavy atom. The number of anilines is 1. The van der Waals surface area contributed by atoms with Crippen molar-refractivity contribution in [2.75, 3.05) is 18.1 Å². The highest BCUT2D eigenvalue weighted by Gasteiger charge is 2.34. The Morgan fingerprint density at radius 2 is 2.03 bits per heavy atom. The van der Waals surface area contributed by atoms with E-state index < -0.39 is 17.7 Å². The second-order valence-corrected chi connectivity index (χ2v) is 7.26. The van der Waals surface area contributed by atoms with E-state index in [0.717, 1.165) is 31.0 Å². The highest BCUT2D eigenvalue weighted by atomic mass is 19.4. The topological polar surface area (TPSA) is 79.8 Å². The summed E-state index contributed by atoms with van der Waals surface area (Å²) >= 11 is 0. The summed E-state index contributed by atoms with van der Waals surface area (Å²) < 4.78 is 59.5. The van der Waals surface area contributed by atoms with E-state index in [9.17, 15) is 17.6 Å². The molecule has 31 heavy (non-hydrogen) atoms. The quantitative estimate of drug-likeness (QED) is 0.489. The van der Waals surface area contributed by atoms with E-state index in [2.05, 4.69) is 24.9 Å². The van der Waals surface area contributed by atoms with Gasteiger partial charge in [-0.05, 0) is 31.0 Å². The molecule has 7 nitrogen and oxygen atoms in total. The number of imidazole rings is 1. The summed E-state index contributed by atoms with van der Waals surface area (Å²) in [6.45, 7) is 0.811. The zero-order valence-corrected chi connectivity index (χ0v) is 16.0. The Morgan fingerprint density at radius 3 is 2.87 bits per heavy atom. The number of hydrogen-bond acceptors (Lipinski definition) is 6. The van der Waals surface area contributed by atoms with Crippen molar-refractivity contribution in [3.8, 4) is 5.75 Å². The number of hydrogen-bond donors (Lipinski definition) is 1. The van der Waals surface area contributed by atoms with Gasteiger partial charge in [0.2, 0.25) is 0 Å². The molecule has 0 aliphatic carbocycles. The van der Waals surface area contributed by atoms with Crippen molar-refractivity contribution >= 4 is 27.9 Å². The molecule has 0 spiro atoms. The lowest BCUT2D eigenvalue weighted by Crippen LogP contribution is -2.35. The normalized spacial score (nSPS) is 17.0. The molecule has 0 saturated carbocycles. The minimum atomic E-state index is -4.65. The van der Waals surface area contributed by atoms with Gasteiger partial charge in [0.05, 0.1) is 17.9 Å². The van der Waals surface area contributed by atoms with Crippen LogP contribution < -0.4 is 9.64 Å². The molecule has 5 rings (SSSR count). The number of nitrogens with one attached hydrogen (secondary N) is 1. The molecule has 160 valence electrons. The van der Waals surface area contributed by atoms with Gasteiger partial charge in [-0.3, -0.25) is 0 Å². The molecule has 1 aromatic carbocycles. The van der Waals surface area contributed by atoms with E-state index >= 15 is 0 Å². The lowest BCUT2D eigenvalue weighted by Gasteiger charge is -2.26. The molecule has 4 aromatic rings. The van der Waals surface area contributed by atoms with E-state index in [4.69, 9.17) is 4.74 Å². The summed E-state index contributed by atoms with van der Waals surface area (Å²) in [5.41, 5.74) is 0.150. The Hall–Kier alpha value is -3.50. The molecule has 1 fully saturated rings. The third kappa shape index (κ3) is 3.60. The van der Waals surface area contributed by atoms with Crippen LogP contribution in [0.3, 0.4) is 0 Å². The van der Waals surface area contributed by atoms with Gasteiger partial charge >= 0.3 is 6.18 Å². The van der Waals surface area contributed by atoms with Crippen molar-refractivity contribution in [2.24, 2.45) is 0 Å². The first-order chi connectivity index (χ1) is 14.9. The lowest BCUT2D eigenvalue weighted by atomic mass is 10.1. The molecule has 1 saturated heterocycles. The first-order valence-corrected chi connectivity index (χ1v) is 9.61. The van der Waals surface area contributed by atoms with Crippen LogP contribution in [0.4, 0.5) is 23.4 Å². The Balaban J connectivity index is 1.46. The van der Waals surface area contributed by atoms with Crippen LogP contribution in [0.5, 0.6) is 5.75 Å². The van der Waals surface area contributed by atoms with Gasteiger partial charge in [0.15, 0.2) is 11.5 Å². The van der Waals surface area contributed by atoms with Gasteiger partial charge in [0, 0.05) is 18.0 Å². The average Bonchev–Trinajstić information content (AvgIpc) is 3.40. The number of rotatable bonds is 4. The second kappa shape index (κ2) is 7.33. The molecule has 1 unspecified atom stereocenters. The molecule has 1 aliphatic heterocycles. The number of aromatic nitrogens is 5. The number of pyridine rings is 1. The van der Waals surface area contributed by atoms with Crippen LogP contribution in [0.25, 0.3) is 22.1 Å². The zero-order chi connectivity index (χ0) is 21.6. The molecule has 0 radical (unpaired) electrons. The van der Waals surface area contributed by atoms with E-state index in [1.54, 1.807) is 0 Å². The van der Waals surface area contributed by atoms with Gasteiger partial charge in [-0.2, -0.15) is 13.2 Å². The average molecular weight is 432 g/mol. The van der Waals surface area contributed by atoms with Gasteiger partial charge < -0.3 is 14.6 Å². The standard InChI is InChI=1S/C20H16F4N6O/c21-11-3-4-14-13(6-11)15(7-16(29-14)20(22,23)24)31-8-12-2-1-5-30(12)19-17-18(26-9-25-17)27-10-28-19/h3-4,6-7,9-10,12H,1-2,5,8H2,(H,25,26,27,28). The molecule has 1 N–H and O–H groups in total. The summed E-state index contributed by atoms with van der Waals surface area (Å²) in [6.07, 6.45) is -0.0617. The van der Waals surface area contributed by atoms with E-state index in [1.807, 2.05) is 4.90 Å². The number of halogens is 4. The van der Waals surface area contributed by atoms with Crippen LogP contribution in [0.1, 0.15) is 18.5 Å². The largest absolute Gasteiger partial charge is 0.491 e. The van der Waals surface area contributed by atoms with Crippen LogP contribution >= 0.6 is 0 Å². The van der Waals surface area contributed by atoms with Gasteiger partial charge in [-0.1, -0.05) is 0 Å². The van der Waals surface area contributed by atoms with Crippen molar-refractivity contribution in [1.82, 2.24) is 24.9 Å². The number of benzene rings is 1. The number of alkyl halides is 3. The van der Waals surface area contributed by atoms with Crippen molar-refractivity contribution in [1.29, 1.82) is 0 Å². The SMILES string of the molecule is Fc1ccc2nc(C(F)(F)F)cc(OCC3CCCN3c3ncnc4nc[nH]c34)c2c1. The number of nitrogens with zero attached hydrogens (tertiary/aromatic N) is 5. The number of ether oxygens (including phenoxy) is 1. The minimum absolute atomic E-state index is 0.0180. The maximum absolute atomic E-state index is 13.8. The summed E-state index contributed by atoms with van der Waals surface area (Å²) in [6, 6.07) is 4.10. The van der Waals surface area contributed by atoms with E-state index in [1.165, 1.54) is 18.7 Å². The highest BCUT2D eigenvalue weighted by molar-refractivity contribution is 5.85. The number of H-pyrrole nitrogens is 1. The Kier molecular flexibility index (Phi) is 4.60. The predicted octanol–water partition coefficient (Wildman–Crippen LogP) is 4.11. The highest BCUT2D eigenvalue weighted by Crippen LogP contribution is 2.35. The van der Waals surface area contributed by atoms with Crippen molar-refractivity contribution in [2.45, 2.75) is 25.1 Å². The maximum atomic E-state index is 13.8. The molecule has 0 amide bonds.